The smallest absolute Gasteiger partial charge is 0.226 e. The maximum atomic E-state index is 13.3. The number of rotatable bonds is 6. The molecule has 2 aliphatic rings. The van der Waals surface area contributed by atoms with E-state index in [1.807, 2.05) is 0 Å². The Morgan fingerprint density at radius 2 is 1.92 bits per heavy atom. The maximum Gasteiger partial charge on any atom is 0.226 e. The van der Waals surface area contributed by atoms with E-state index in [2.05, 4.69) is 67.0 Å². The molecule has 138 valence electrons. The van der Waals surface area contributed by atoms with Gasteiger partial charge in [-0.05, 0) is 71.9 Å². The standard InChI is InChI=1S/C21H33N3O/c1-16-6-5-7-17(14-16)19-15-20(19)21(25)24(13-12-22(2)3)18-8-10-23(4)11-9-18/h5-7,14,18-20H,8-13,15H2,1-4H3. The molecule has 1 heterocycles. The highest BCUT2D eigenvalue weighted by molar-refractivity contribution is 5.83. The number of likely N-dealkylation sites (tertiary alicyclic amines) is 1. The minimum atomic E-state index is 0.198. The maximum absolute atomic E-state index is 13.3. The molecule has 0 spiro atoms. The van der Waals surface area contributed by atoms with E-state index < -0.39 is 0 Å². The zero-order chi connectivity index (χ0) is 18.0. The van der Waals surface area contributed by atoms with Crippen LogP contribution in [0.2, 0.25) is 0 Å². The first-order valence-corrected chi connectivity index (χ1v) is 9.66. The second-order valence-corrected chi connectivity index (χ2v) is 8.23. The molecule has 2 unspecified atom stereocenters. The lowest BCUT2D eigenvalue weighted by molar-refractivity contribution is -0.136. The number of hydrogen-bond acceptors (Lipinski definition) is 3. The summed E-state index contributed by atoms with van der Waals surface area (Å²) in [5.41, 5.74) is 2.63. The van der Waals surface area contributed by atoms with Crippen molar-refractivity contribution in [3.8, 4) is 0 Å². The average molecular weight is 344 g/mol. The predicted molar refractivity (Wildman–Crippen MR) is 103 cm³/mol. The SMILES string of the molecule is Cc1cccc(C2CC2C(=O)N(CCN(C)C)C2CCN(C)CC2)c1. The summed E-state index contributed by atoms with van der Waals surface area (Å²) in [6.07, 6.45) is 3.24. The van der Waals surface area contributed by atoms with Gasteiger partial charge in [0.2, 0.25) is 5.91 Å². The van der Waals surface area contributed by atoms with Gasteiger partial charge in [-0.2, -0.15) is 0 Å². The number of amides is 1. The van der Waals surface area contributed by atoms with Crippen molar-refractivity contribution >= 4 is 5.91 Å². The van der Waals surface area contributed by atoms with Gasteiger partial charge in [0.15, 0.2) is 0 Å². The highest BCUT2D eigenvalue weighted by Crippen LogP contribution is 2.49. The Morgan fingerprint density at radius 1 is 1.20 bits per heavy atom. The van der Waals surface area contributed by atoms with Crippen LogP contribution in [-0.4, -0.2) is 74.0 Å². The predicted octanol–water partition coefficient (Wildman–Crippen LogP) is 2.58. The molecule has 0 radical (unpaired) electrons. The Labute approximate surface area is 152 Å². The molecule has 4 heteroatoms. The number of benzene rings is 1. The lowest BCUT2D eigenvalue weighted by Crippen LogP contribution is -2.49. The van der Waals surface area contributed by atoms with E-state index >= 15 is 0 Å². The third kappa shape index (κ3) is 4.62. The minimum absolute atomic E-state index is 0.198. The zero-order valence-corrected chi connectivity index (χ0v) is 16.2. The van der Waals surface area contributed by atoms with Crippen LogP contribution in [0.3, 0.4) is 0 Å². The monoisotopic (exact) mass is 343 g/mol. The second-order valence-electron chi connectivity index (χ2n) is 8.23. The van der Waals surface area contributed by atoms with E-state index in [0.717, 1.165) is 45.4 Å². The summed E-state index contributed by atoms with van der Waals surface area (Å²) in [6.45, 7) is 6.13. The first-order chi connectivity index (χ1) is 12.0. The van der Waals surface area contributed by atoms with Gasteiger partial charge in [0, 0.05) is 25.0 Å². The molecule has 3 rings (SSSR count). The lowest BCUT2D eigenvalue weighted by Gasteiger charge is -2.38. The third-order valence-electron chi connectivity index (χ3n) is 5.78. The summed E-state index contributed by atoms with van der Waals surface area (Å²) in [5, 5.41) is 0. The quantitative estimate of drug-likeness (QED) is 0.794. The van der Waals surface area contributed by atoms with Gasteiger partial charge >= 0.3 is 0 Å². The Kier molecular flexibility index (Phi) is 5.80. The van der Waals surface area contributed by atoms with Gasteiger partial charge in [-0.15, -0.1) is 0 Å². The normalized spacial score (nSPS) is 24.5. The molecule has 1 saturated carbocycles. The molecule has 1 amide bonds. The number of likely N-dealkylation sites (N-methyl/N-ethyl adjacent to an activating group) is 1. The van der Waals surface area contributed by atoms with Gasteiger partial charge in [-0.1, -0.05) is 29.8 Å². The topological polar surface area (TPSA) is 26.8 Å². The van der Waals surface area contributed by atoms with Crippen LogP contribution in [0.25, 0.3) is 0 Å². The fourth-order valence-electron chi connectivity index (χ4n) is 4.04. The second kappa shape index (κ2) is 7.88. The van der Waals surface area contributed by atoms with Gasteiger partial charge in [-0.3, -0.25) is 4.79 Å². The van der Waals surface area contributed by atoms with Crippen molar-refractivity contribution in [3.63, 3.8) is 0 Å². The molecule has 2 fully saturated rings. The van der Waals surface area contributed by atoms with E-state index in [4.69, 9.17) is 0 Å². The molecule has 1 aliphatic heterocycles. The van der Waals surface area contributed by atoms with Crippen LogP contribution in [-0.2, 0) is 4.79 Å². The van der Waals surface area contributed by atoms with Gasteiger partial charge in [-0.25, -0.2) is 0 Å². The number of hydrogen-bond donors (Lipinski definition) is 0. The molecular formula is C21H33N3O. The summed E-state index contributed by atoms with van der Waals surface area (Å²) in [7, 11) is 6.35. The Morgan fingerprint density at radius 3 is 2.56 bits per heavy atom. The van der Waals surface area contributed by atoms with E-state index in [9.17, 15) is 4.79 Å². The highest BCUT2D eigenvalue weighted by Gasteiger charge is 2.46. The van der Waals surface area contributed by atoms with Crippen LogP contribution in [0, 0.1) is 12.8 Å². The summed E-state index contributed by atoms with van der Waals surface area (Å²) in [6, 6.07) is 9.10. The summed E-state index contributed by atoms with van der Waals surface area (Å²) in [4.78, 5) is 20.0. The van der Waals surface area contributed by atoms with Crippen LogP contribution in [0.15, 0.2) is 24.3 Å². The van der Waals surface area contributed by atoms with Gasteiger partial charge in [0.1, 0.15) is 0 Å². The van der Waals surface area contributed by atoms with E-state index in [-0.39, 0.29) is 5.92 Å². The highest BCUT2D eigenvalue weighted by atomic mass is 16.2. The van der Waals surface area contributed by atoms with Crippen LogP contribution in [0.4, 0.5) is 0 Å². The Balaban J connectivity index is 1.67. The van der Waals surface area contributed by atoms with E-state index in [0.29, 0.717) is 17.9 Å². The molecule has 4 nitrogen and oxygen atoms in total. The van der Waals surface area contributed by atoms with Crippen molar-refractivity contribution < 1.29 is 4.79 Å². The molecule has 1 saturated heterocycles. The molecule has 1 aromatic rings. The summed E-state index contributed by atoms with van der Waals surface area (Å²) < 4.78 is 0. The van der Waals surface area contributed by atoms with Crippen LogP contribution < -0.4 is 0 Å². The largest absolute Gasteiger partial charge is 0.338 e. The fourth-order valence-corrected chi connectivity index (χ4v) is 4.04. The molecule has 0 bridgehead atoms. The van der Waals surface area contributed by atoms with Crippen molar-refractivity contribution in [2.24, 2.45) is 5.92 Å². The fraction of sp³-hybridized carbons (Fsp3) is 0.667. The van der Waals surface area contributed by atoms with Crippen molar-refractivity contribution in [2.45, 2.75) is 38.1 Å². The molecule has 1 aromatic carbocycles. The first-order valence-electron chi connectivity index (χ1n) is 9.66. The van der Waals surface area contributed by atoms with Crippen molar-refractivity contribution in [3.05, 3.63) is 35.4 Å². The van der Waals surface area contributed by atoms with E-state index in [1.165, 1.54) is 11.1 Å². The summed E-state index contributed by atoms with van der Waals surface area (Å²) >= 11 is 0. The number of piperidine rings is 1. The lowest BCUT2D eigenvalue weighted by atomic mass is 10.0. The molecular weight excluding hydrogens is 310 g/mol. The van der Waals surface area contributed by atoms with E-state index in [1.54, 1.807) is 0 Å². The Bertz CT molecular complexity index is 593. The number of nitrogens with zero attached hydrogens (tertiary/aromatic N) is 3. The Hall–Kier alpha value is -1.39. The molecule has 0 N–H and O–H groups in total. The minimum Gasteiger partial charge on any atom is -0.338 e. The van der Waals surface area contributed by atoms with Crippen molar-refractivity contribution in [1.82, 2.24) is 14.7 Å². The average Bonchev–Trinajstić information content (AvgIpc) is 3.37. The van der Waals surface area contributed by atoms with Crippen LogP contribution in [0.1, 0.15) is 36.3 Å². The molecule has 0 aromatic heterocycles. The zero-order valence-electron chi connectivity index (χ0n) is 16.2. The van der Waals surface area contributed by atoms with Crippen molar-refractivity contribution in [2.75, 3.05) is 47.3 Å². The van der Waals surface area contributed by atoms with Gasteiger partial charge < -0.3 is 14.7 Å². The number of carbonyl (C=O) groups is 1. The van der Waals surface area contributed by atoms with Crippen LogP contribution >= 0.6 is 0 Å². The molecule has 1 aliphatic carbocycles. The van der Waals surface area contributed by atoms with Crippen molar-refractivity contribution in [1.29, 1.82) is 0 Å². The molecule has 2 atom stereocenters. The number of aryl methyl sites for hydroxylation is 1. The molecule has 25 heavy (non-hydrogen) atoms. The first kappa shape index (κ1) is 18.4. The third-order valence-corrected chi connectivity index (χ3v) is 5.78. The van der Waals surface area contributed by atoms with Crippen LogP contribution in [0.5, 0.6) is 0 Å². The summed E-state index contributed by atoms with van der Waals surface area (Å²) in [5.74, 6) is 1.02. The van der Waals surface area contributed by atoms with Gasteiger partial charge in [0.25, 0.3) is 0 Å². The van der Waals surface area contributed by atoms with Gasteiger partial charge in [0.05, 0.1) is 0 Å². The number of carbonyl (C=O) groups excluding carboxylic acids is 1.